The molecule has 0 heterocycles. The first-order valence-electron chi connectivity index (χ1n) is 5.90. The van der Waals surface area contributed by atoms with Crippen LogP contribution in [0.3, 0.4) is 0 Å². The van der Waals surface area contributed by atoms with Gasteiger partial charge in [-0.1, -0.05) is 29.3 Å². The minimum Gasteiger partial charge on any atom is -0.322 e. The summed E-state index contributed by atoms with van der Waals surface area (Å²) < 4.78 is 0. The van der Waals surface area contributed by atoms with Crippen molar-refractivity contribution in [2.45, 2.75) is 6.92 Å². The summed E-state index contributed by atoms with van der Waals surface area (Å²) in [6, 6.07) is 8.94. The van der Waals surface area contributed by atoms with E-state index in [0.29, 0.717) is 21.8 Å². The molecule has 1 amide bonds. The highest BCUT2D eigenvalue weighted by molar-refractivity contribution is 6.42. The fraction of sp³-hybridized carbons (Fsp3) is 0.0714. The van der Waals surface area contributed by atoms with Gasteiger partial charge in [0.1, 0.15) is 0 Å². The SMILES string of the molecule is Cc1ccc(NC(=O)c2ccc(Cl)c(Cl)c2)cc1[N+](=O)[O-]. The van der Waals surface area contributed by atoms with Crippen LogP contribution in [-0.4, -0.2) is 10.8 Å². The lowest BCUT2D eigenvalue weighted by Crippen LogP contribution is -2.12. The second-order valence-corrected chi connectivity index (χ2v) is 5.16. The average Bonchev–Trinajstić information content (AvgIpc) is 2.43. The smallest absolute Gasteiger partial charge is 0.274 e. The Bertz CT molecular complexity index is 732. The van der Waals surface area contributed by atoms with E-state index in [0.717, 1.165) is 0 Å². The lowest BCUT2D eigenvalue weighted by Gasteiger charge is -2.07. The van der Waals surface area contributed by atoms with Crippen LogP contribution in [0.2, 0.25) is 10.0 Å². The Morgan fingerprint density at radius 1 is 1.14 bits per heavy atom. The second-order valence-electron chi connectivity index (χ2n) is 4.34. The molecule has 0 radical (unpaired) electrons. The number of nitrogens with zero attached hydrogens (tertiary/aromatic N) is 1. The first-order valence-corrected chi connectivity index (χ1v) is 6.65. The lowest BCUT2D eigenvalue weighted by molar-refractivity contribution is -0.385. The Balaban J connectivity index is 2.25. The number of nitro benzene ring substituents is 1. The highest BCUT2D eigenvalue weighted by atomic mass is 35.5. The van der Waals surface area contributed by atoms with Gasteiger partial charge in [0.15, 0.2) is 0 Å². The molecule has 1 N–H and O–H groups in total. The van der Waals surface area contributed by atoms with Crippen LogP contribution in [-0.2, 0) is 0 Å². The summed E-state index contributed by atoms with van der Waals surface area (Å²) in [6.07, 6.45) is 0. The minimum atomic E-state index is -0.496. The van der Waals surface area contributed by atoms with E-state index in [-0.39, 0.29) is 10.7 Å². The zero-order valence-corrected chi connectivity index (χ0v) is 12.4. The van der Waals surface area contributed by atoms with Crippen molar-refractivity contribution in [3.8, 4) is 0 Å². The molecule has 0 unspecified atom stereocenters. The Morgan fingerprint density at radius 2 is 1.86 bits per heavy atom. The van der Waals surface area contributed by atoms with Gasteiger partial charge in [0.05, 0.1) is 15.0 Å². The number of aryl methyl sites for hydroxylation is 1. The van der Waals surface area contributed by atoms with Crippen molar-refractivity contribution in [3.05, 3.63) is 67.7 Å². The van der Waals surface area contributed by atoms with Gasteiger partial charge in [-0.25, -0.2) is 0 Å². The topological polar surface area (TPSA) is 72.2 Å². The van der Waals surface area contributed by atoms with Gasteiger partial charge >= 0.3 is 0 Å². The third-order valence-corrected chi connectivity index (χ3v) is 3.58. The van der Waals surface area contributed by atoms with Gasteiger partial charge in [-0.05, 0) is 31.2 Å². The van der Waals surface area contributed by atoms with Crippen molar-refractivity contribution >= 4 is 40.5 Å². The maximum atomic E-state index is 12.1. The number of halogens is 2. The Morgan fingerprint density at radius 3 is 2.48 bits per heavy atom. The lowest BCUT2D eigenvalue weighted by atomic mass is 10.1. The number of amides is 1. The molecule has 0 saturated heterocycles. The van der Waals surface area contributed by atoms with Gasteiger partial charge in [-0.2, -0.15) is 0 Å². The molecule has 0 saturated carbocycles. The van der Waals surface area contributed by atoms with Gasteiger partial charge in [0, 0.05) is 22.9 Å². The Hall–Kier alpha value is -2.11. The van der Waals surface area contributed by atoms with E-state index < -0.39 is 10.8 Å². The molecule has 0 aromatic heterocycles. The van der Waals surface area contributed by atoms with Gasteiger partial charge < -0.3 is 5.32 Å². The van der Waals surface area contributed by atoms with E-state index >= 15 is 0 Å². The molecule has 0 atom stereocenters. The highest BCUT2D eigenvalue weighted by Gasteiger charge is 2.13. The molecule has 0 aliphatic rings. The summed E-state index contributed by atoms with van der Waals surface area (Å²) in [4.78, 5) is 22.4. The standard InChI is InChI=1S/C14H10Cl2N2O3/c1-8-2-4-10(7-13(8)18(20)21)17-14(19)9-3-5-11(15)12(16)6-9/h2-7H,1H3,(H,17,19). The number of hydrogen-bond acceptors (Lipinski definition) is 3. The van der Waals surface area contributed by atoms with E-state index in [4.69, 9.17) is 23.2 Å². The summed E-state index contributed by atoms with van der Waals surface area (Å²) in [6.45, 7) is 1.63. The van der Waals surface area contributed by atoms with Gasteiger partial charge in [-0.15, -0.1) is 0 Å². The predicted octanol–water partition coefficient (Wildman–Crippen LogP) is 4.46. The molecule has 2 rings (SSSR count). The summed E-state index contributed by atoms with van der Waals surface area (Å²) in [7, 11) is 0. The van der Waals surface area contributed by atoms with Crippen LogP contribution in [0.1, 0.15) is 15.9 Å². The molecule has 108 valence electrons. The van der Waals surface area contributed by atoms with Crippen LogP contribution in [0.25, 0.3) is 0 Å². The molecular weight excluding hydrogens is 315 g/mol. The molecule has 0 fully saturated rings. The molecule has 2 aromatic carbocycles. The first kappa shape index (κ1) is 15.3. The van der Waals surface area contributed by atoms with Crippen LogP contribution < -0.4 is 5.32 Å². The maximum Gasteiger partial charge on any atom is 0.274 e. The fourth-order valence-corrected chi connectivity index (χ4v) is 2.02. The number of anilines is 1. The monoisotopic (exact) mass is 324 g/mol. The second kappa shape index (κ2) is 6.11. The van der Waals surface area contributed by atoms with E-state index in [9.17, 15) is 14.9 Å². The normalized spacial score (nSPS) is 10.2. The number of benzene rings is 2. The van der Waals surface area contributed by atoms with Gasteiger partial charge in [0.2, 0.25) is 0 Å². The van der Waals surface area contributed by atoms with E-state index in [1.807, 2.05) is 0 Å². The first-order chi connectivity index (χ1) is 9.88. The quantitative estimate of drug-likeness (QED) is 0.669. The number of nitro groups is 1. The molecule has 0 aliphatic carbocycles. The van der Waals surface area contributed by atoms with Crippen molar-refractivity contribution in [1.29, 1.82) is 0 Å². The molecule has 7 heteroatoms. The third kappa shape index (κ3) is 3.51. The molecular formula is C14H10Cl2N2O3. The molecule has 0 aliphatic heterocycles. The van der Waals surface area contributed by atoms with Crippen molar-refractivity contribution in [3.63, 3.8) is 0 Å². The van der Waals surface area contributed by atoms with Crippen molar-refractivity contribution in [2.24, 2.45) is 0 Å². The van der Waals surface area contributed by atoms with Crippen molar-refractivity contribution < 1.29 is 9.72 Å². The molecule has 2 aromatic rings. The molecule has 0 bridgehead atoms. The number of nitrogens with one attached hydrogen (secondary N) is 1. The molecule has 21 heavy (non-hydrogen) atoms. The zero-order chi connectivity index (χ0) is 15.6. The van der Waals surface area contributed by atoms with E-state index in [1.165, 1.54) is 24.3 Å². The number of rotatable bonds is 3. The summed E-state index contributed by atoms with van der Waals surface area (Å²) >= 11 is 11.6. The fourth-order valence-electron chi connectivity index (χ4n) is 1.72. The molecule has 0 spiro atoms. The van der Waals surface area contributed by atoms with Crippen LogP contribution >= 0.6 is 23.2 Å². The number of hydrogen-bond donors (Lipinski definition) is 1. The van der Waals surface area contributed by atoms with Crippen LogP contribution in [0.15, 0.2) is 36.4 Å². The number of carbonyl (C=O) groups is 1. The molecule has 5 nitrogen and oxygen atoms in total. The van der Waals surface area contributed by atoms with Crippen LogP contribution in [0, 0.1) is 17.0 Å². The zero-order valence-electron chi connectivity index (χ0n) is 10.9. The highest BCUT2D eigenvalue weighted by Crippen LogP contribution is 2.25. The van der Waals surface area contributed by atoms with Gasteiger partial charge in [0.25, 0.3) is 11.6 Å². The van der Waals surface area contributed by atoms with Crippen LogP contribution in [0.5, 0.6) is 0 Å². The van der Waals surface area contributed by atoms with Crippen LogP contribution in [0.4, 0.5) is 11.4 Å². The van der Waals surface area contributed by atoms with E-state index in [1.54, 1.807) is 19.1 Å². The predicted molar refractivity (Wildman–Crippen MR) is 82.2 cm³/mol. The average molecular weight is 325 g/mol. The van der Waals surface area contributed by atoms with E-state index in [2.05, 4.69) is 5.32 Å². The van der Waals surface area contributed by atoms with Crippen molar-refractivity contribution in [1.82, 2.24) is 0 Å². The third-order valence-electron chi connectivity index (χ3n) is 2.85. The summed E-state index contributed by atoms with van der Waals surface area (Å²) in [5, 5.41) is 14.1. The van der Waals surface area contributed by atoms with Gasteiger partial charge in [-0.3, -0.25) is 14.9 Å². The summed E-state index contributed by atoms with van der Waals surface area (Å²) in [5.41, 5.74) is 1.12. The van der Waals surface area contributed by atoms with Crippen molar-refractivity contribution in [2.75, 3.05) is 5.32 Å². The summed E-state index contributed by atoms with van der Waals surface area (Å²) in [5.74, 6) is -0.424. The largest absolute Gasteiger partial charge is 0.322 e. The number of carbonyl (C=O) groups excluding carboxylic acids is 1. The Kier molecular flexibility index (Phi) is 4.45. The Labute approximate surface area is 130 Å². The maximum absolute atomic E-state index is 12.1. The minimum absolute atomic E-state index is 0.0538.